The van der Waals surface area contributed by atoms with E-state index in [-0.39, 0.29) is 14.5 Å². The second-order valence-electron chi connectivity index (χ2n) is 3.96. The van der Waals surface area contributed by atoms with Gasteiger partial charge in [-0.2, -0.15) is 8.42 Å². The second kappa shape index (κ2) is 6.47. The number of nitro benzene ring substituents is 1. The smallest absolute Gasteiger partial charge is 0.282 e. The number of hydrogen-bond acceptors (Lipinski definition) is 4. The molecule has 0 aromatic heterocycles. The maximum Gasteiger partial charge on any atom is 0.294 e. The molecule has 0 spiro atoms. The number of rotatable bonds is 2. The van der Waals surface area contributed by atoms with Gasteiger partial charge in [0.25, 0.3) is 15.8 Å². The van der Waals surface area contributed by atoms with Crippen molar-refractivity contribution in [1.82, 2.24) is 0 Å². The van der Waals surface area contributed by atoms with E-state index in [0.29, 0.717) is 0 Å². The molecular formula is C9H15NO5SSi. The van der Waals surface area contributed by atoms with Crippen molar-refractivity contribution in [3.63, 3.8) is 0 Å². The zero-order valence-electron chi connectivity index (χ0n) is 9.82. The molecule has 1 aromatic rings. The van der Waals surface area contributed by atoms with Gasteiger partial charge < -0.3 is 0 Å². The molecule has 0 aliphatic heterocycles. The molecule has 17 heavy (non-hydrogen) atoms. The molecule has 0 bridgehead atoms. The molecule has 0 saturated heterocycles. The standard InChI is InChI=1S/C6H5NO5S.C3H10Si/c8-7(9)5-2-1-3-6(4-5)13(10,11)12;1-4(2)3/h1-4H,(H,10,11,12);4H,1-3H3. The maximum atomic E-state index is 10.5. The minimum Gasteiger partial charge on any atom is -0.282 e. The highest BCUT2D eigenvalue weighted by atomic mass is 32.2. The van der Waals surface area contributed by atoms with Crippen molar-refractivity contribution in [2.75, 3.05) is 0 Å². The van der Waals surface area contributed by atoms with Crippen molar-refractivity contribution in [2.45, 2.75) is 24.5 Å². The van der Waals surface area contributed by atoms with Gasteiger partial charge >= 0.3 is 0 Å². The van der Waals surface area contributed by atoms with E-state index in [1.807, 2.05) is 0 Å². The summed E-state index contributed by atoms with van der Waals surface area (Å²) in [7, 11) is -4.50. The lowest BCUT2D eigenvalue weighted by atomic mass is 10.3. The van der Waals surface area contributed by atoms with Gasteiger partial charge in [0.2, 0.25) is 0 Å². The number of nitro groups is 1. The van der Waals surface area contributed by atoms with Crippen molar-refractivity contribution < 1.29 is 17.9 Å². The summed E-state index contributed by atoms with van der Waals surface area (Å²) in [4.78, 5) is 8.98. The monoisotopic (exact) mass is 277 g/mol. The third-order valence-electron chi connectivity index (χ3n) is 1.33. The molecule has 0 aliphatic rings. The summed E-state index contributed by atoms with van der Waals surface area (Å²) in [5.41, 5.74) is -0.380. The zero-order chi connectivity index (χ0) is 13.6. The van der Waals surface area contributed by atoms with Gasteiger partial charge in [0, 0.05) is 20.9 Å². The van der Waals surface area contributed by atoms with Crippen LogP contribution in [0.2, 0.25) is 19.6 Å². The summed E-state index contributed by atoms with van der Waals surface area (Å²) in [6.45, 7) is 6.92. The van der Waals surface area contributed by atoms with E-state index < -0.39 is 19.9 Å². The molecule has 96 valence electrons. The Morgan fingerprint density at radius 2 is 1.76 bits per heavy atom. The van der Waals surface area contributed by atoms with E-state index in [4.69, 9.17) is 4.55 Å². The maximum absolute atomic E-state index is 10.5. The number of hydrogen-bond donors (Lipinski definition) is 1. The molecule has 0 unspecified atom stereocenters. The molecule has 0 heterocycles. The highest BCUT2D eigenvalue weighted by Crippen LogP contribution is 2.16. The summed E-state index contributed by atoms with van der Waals surface area (Å²) in [6.07, 6.45) is 0. The third-order valence-corrected chi connectivity index (χ3v) is 2.18. The Labute approximate surface area is 102 Å². The molecule has 0 fully saturated rings. The van der Waals surface area contributed by atoms with E-state index >= 15 is 0 Å². The van der Waals surface area contributed by atoms with Crippen LogP contribution >= 0.6 is 0 Å². The molecule has 6 nitrogen and oxygen atoms in total. The Balaban J connectivity index is 0.000000557. The predicted octanol–water partition coefficient (Wildman–Crippen LogP) is 1.94. The predicted molar refractivity (Wildman–Crippen MR) is 67.7 cm³/mol. The van der Waals surface area contributed by atoms with Crippen LogP contribution in [-0.4, -0.2) is 26.7 Å². The Kier molecular flexibility index (Phi) is 6.00. The number of benzene rings is 1. The molecule has 1 rings (SSSR count). The van der Waals surface area contributed by atoms with Gasteiger partial charge in [-0.15, -0.1) is 0 Å². The molecule has 0 radical (unpaired) electrons. The minimum atomic E-state index is -4.36. The fourth-order valence-corrected chi connectivity index (χ4v) is 1.28. The lowest BCUT2D eigenvalue weighted by molar-refractivity contribution is -0.385. The van der Waals surface area contributed by atoms with Gasteiger partial charge in [-0.1, -0.05) is 25.7 Å². The van der Waals surface area contributed by atoms with Crippen LogP contribution in [0.5, 0.6) is 0 Å². The highest BCUT2D eigenvalue weighted by molar-refractivity contribution is 7.85. The average Bonchev–Trinajstić information content (AvgIpc) is 2.15. The van der Waals surface area contributed by atoms with Crippen molar-refractivity contribution in [3.8, 4) is 0 Å². The topological polar surface area (TPSA) is 97.5 Å². The Hall–Kier alpha value is -1.25. The average molecular weight is 277 g/mol. The Morgan fingerprint density at radius 1 is 1.29 bits per heavy atom. The molecule has 0 aliphatic carbocycles. The van der Waals surface area contributed by atoms with E-state index in [2.05, 4.69) is 19.6 Å². The van der Waals surface area contributed by atoms with Crippen molar-refractivity contribution >= 4 is 24.6 Å². The van der Waals surface area contributed by atoms with E-state index in [1.165, 1.54) is 6.07 Å². The van der Waals surface area contributed by atoms with Crippen LogP contribution in [-0.2, 0) is 10.1 Å². The first-order valence-corrected chi connectivity index (χ1v) is 9.77. The first-order chi connectivity index (χ1) is 7.64. The van der Waals surface area contributed by atoms with Crippen molar-refractivity contribution in [3.05, 3.63) is 34.4 Å². The molecule has 0 saturated carbocycles. The molecule has 0 atom stereocenters. The first-order valence-electron chi connectivity index (χ1n) is 4.86. The molecule has 8 heteroatoms. The fourth-order valence-electron chi connectivity index (χ4n) is 0.758. The number of nitrogens with zero attached hydrogens (tertiary/aromatic N) is 1. The van der Waals surface area contributed by atoms with Crippen molar-refractivity contribution in [1.29, 1.82) is 0 Å². The minimum absolute atomic E-state index is 0.139. The largest absolute Gasteiger partial charge is 0.294 e. The van der Waals surface area contributed by atoms with E-state index in [0.717, 1.165) is 18.2 Å². The first kappa shape index (κ1) is 15.7. The van der Waals surface area contributed by atoms with Gasteiger partial charge in [0.15, 0.2) is 0 Å². The van der Waals surface area contributed by atoms with Gasteiger partial charge in [0.1, 0.15) is 4.90 Å². The molecule has 1 N–H and O–H groups in total. The lowest BCUT2D eigenvalue weighted by Crippen LogP contribution is -1.98. The van der Waals surface area contributed by atoms with Crippen LogP contribution in [0.3, 0.4) is 0 Å². The second-order valence-corrected chi connectivity index (χ2v) is 8.85. The van der Waals surface area contributed by atoms with E-state index in [1.54, 1.807) is 0 Å². The Bertz CT molecular complexity index is 483. The molecule has 1 aromatic carbocycles. The van der Waals surface area contributed by atoms with E-state index in [9.17, 15) is 18.5 Å². The normalized spacial score (nSPS) is 10.6. The van der Waals surface area contributed by atoms with Crippen LogP contribution in [0.1, 0.15) is 0 Å². The summed E-state index contributed by atoms with van der Waals surface area (Å²) in [5.74, 6) is 0. The molecule has 0 amide bonds. The zero-order valence-corrected chi connectivity index (χ0v) is 11.8. The highest BCUT2D eigenvalue weighted by Gasteiger charge is 2.13. The van der Waals surface area contributed by atoms with Crippen LogP contribution < -0.4 is 0 Å². The summed E-state index contributed by atoms with van der Waals surface area (Å²) in [6, 6.07) is 4.17. The summed E-state index contributed by atoms with van der Waals surface area (Å²) >= 11 is 0. The summed E-state index contributed by atoms with van der Waals surface area (Å²) < 4.78 is 29.6. The van der Waals surface area contributed by atoms with Crippen molar-refractivity contribution in [2.24, 2.45) is 0 Å². The lowest BCUT2D eigenvalue weighted by Gasteiger charge is -1.95. The quantitative estimate of drug-likeness (QED) is 0.385. The van der Waals surface area contributed by atoms with Crippen LogP contribution in [0.15, 0.2) is 29.2 Å². The summed E-state index contributed by atoms with van der Waals surface area (Å²) in [5, 5.41) is 10.2. The SMILES string of the molecule is C[SiH](C)C.O=[N+]([O-])c1cccc(S(=O)(=O)O)c1. The van der Waals surface area contributed by atoms with Crippen LogP contribution in [0.25, 0.3) is 0 Å². The van der Waals surface area contributed by atoms with Gasteiger partial charge in [0.05, 0.1) is 4.92 Å². The van der Waals surface area contributed by atoms with Crippen LogP contribution in [0, 0.1) is 10.1 Å². The molecular weight excluding hydrogens is 262 g/mol. The van der Waals surface area contributed by atoms with Crippen LogP contribution in [0.4, 0.5) is 5.69 Å². The van der Waals surface area contributed by atoms with Gasteiger partial charge in [-0.3, -0.25) is 14.7 Å². The number of non-ortho nitro benzene ring substituents is 1. The van der Waals surface area contributed by atoms with Gasteiger partial charge in [-0.25, -0.2) is 0 Å². The third kappa shape index (κ3) is 6.82. The Morgan fingerprint density at radius 3 is 2.12 bits per heavy atom. The van der Waals surface area contributed by atoms with Gasteiger partial charge in [-0.05, 0) is 6.07 Å². The fraction of sp³-hybridized carbons (Fsp3) is 0.333.